The van der Waals surface area contributed by atoms with E-state index in [0.717, 1.165) is 0 Å². The average Bonchev–Trinajstić information content (AvgIpc) is 2.93. The van der Waals surface area contributed by atoms with Crippen molar-refractivity contribution in [2.45, 2.75) is 46.6 Å². The Morgan fingerprint density at radius 1 is 1.32 bits per heavy atom. The molecule has 0 atom stereocenters. The number of fused-ring (bicyclic) bond motifs is 1. The molecule has 0 saturated heterocycles. The molecular weight excluding hydrogens is 320 g/mol. The third-order valence-corrected chi connectivity index (χ3v) is 4.36. The van der Waals surface area contributed by atoms with Crippen LogP contribution in [-0.4, -0.2) is 26.5 Å². The van der Waals surface area contributed by atoms with E-state index in [1.807, 2.05) is 27.7 Å². The lowest BCUT2D eigenvalue weighted by molar-refractivity contribution is 0.0910. The van der Waals surface area contributed by atoms with Crippen molar-refractivity contribution in [1.29, 1.82) is 0 Å². The summed E-state index contributed by atoms with van der Waals surface area (Å²) in [5.74, 6) is -0.0996. The van der Waals surface area contributed by atoms with Crippen LogP contribution in [0.4, 0.5) is 5.82 Å². The predicted molar refractivity (Wildman–Crippen MR) is 94.1 cm³/mol. The number of carbonyl (C=O) groups is 2. The van der Waals surface area contributed by atoms with Crippen LogP contribution in [0.3, 0.4) is 0 Å². The molecule has 0 fully saturated rings. The SMILES string of the molecule is CC(C)n1nccc1NC(=O)c1cc2c([nH]c1=O)CC(C)(C)CC2=O. The van der Waals surface area contributed by atoms with E-state index in [0.29, 0.717) is 29.9 Å². The number of rotatable bonds is 3. The van der Waals surface area contributed by atoms with Gasteiger partial charge >= 0.3 is 0 Å². The molecule has 1 amide bonds. The maximum atomic E-state index is 12.5. The Bertz CT molecular complexity index is 905. The molecule has 0 bridgehead atoms. The van der Waals surface area contributed by atoms with Crippen molar-refractivity contribution in [2.75, 3.05) is 5.32 Å². The van der Waals surface area contributed by atoms with Gasteiger partial charge in [0, 0.05) is 29.8 Å². The van der Waals surface area contributed by atoms with Crippen molar-refractivity contribution in [1.82, 2.24) is 14.8 Å². The van der Waals surface area contributed by atoms with Gasteiger partial charge in [-0.3, -0.25) is 14.4 Å². The molecule has 0 saturated carbocycles. The fraction of sp³-hybridized carbons (Fsp3) is 0.444. The highest BCUT2D eigenvalue weighted by Gasteiger charge is 2.32. The lowest BCUT2D eigenvalue weighted by Gasteiger charge is -2.29. The molecule has 0 aliphatic heterocycles. The van der Waals surface area contributed by atoms with Crippen LogP contribution in [0.2, 0.25) is 0 Å². The molecule has 2 aromatic heterocycles. The van der Waals surface area contributed by atoms with Crippen molar-refractivity contribution in [2.24, 2.45) is 5.41 Å². The summed E-state index contributed by atoms with van der Waals surface area (Å²) in [5, 5.41) is 6.84. The molecule has 25 heavy (non-hydrogen) atoms. The molecule has 0 radical (unpaired) electrons. The molecule has 2 aromatic rings. The quantitative estimate of drug-likeness (QED) is 0.896. The molecule has 7 heteroatoms. The number of carbonyl (C=O) groups excluding carboxylic acids is 2. The molecule has 0 unspecified atom stereocenters. The number of ketones is 1. The molecule has 132 valence electrons. The molecule has 7 nitrogen and oxygen atoms in total. The molecule has 0 spiro atoms. The van der Waals surface area contributed by atoms with Crippen molar-refractivity contribution < 1.29 is 9.59 Å². The van der Waals surface area contributed by atoms with Gasteiger partial charge in [0.1, 0.15) is 11.4 Å². The zero-order valence-electron chi connectivity index (χ0n) is 14.8. The first-order valence-corrected chi connectivity index (χ1v) is 8.32. The summed E-state index contributed by atoms with van der Waals surface area (Å²) in [7, 11) is 0. The Balaban J connectivity index is 1.95. The van der Waals surface area contributed by atoms with Crippen molar-refractivity contribution >= 4 is 17.5 Å². The van der Waals surface area contributed by atoms with Gasteiger partial charge in [0.15, 0.2) is 5.78 Å². The highest BCUT2D eigenvalue weighted by atomic mass is 16.2. The number of aromatic nitrogens is 3. The highest BCUT2D eigenvalue weighted by Crippen LogP contribution is 2.33. The maximum Gasteiger partial charge on any atom is 0.262 e. The largest absolute Gasteiger partial charge is 0.325 e. The topological polar surface area (TPSA) is 96.8 Å². The number of hydrogen-bond donors (Lipinski definition) is 2. The van der Waals surface area contributed by atoms with Crippen LogP contribution in [0.5, 0.6) is 0 Å². The van der Waals surface area contributed by atoms with Gasteiger partial charge in [-0.15, -0.1) is 0 Å². The Kier molecular flexibility index (Phi) is 4.10. The van der Waals surface area contributed by atoms with E-state index >= 15 is 0 Å². The standard InChI is InChI=1S/C18H22N4O3/c1-10(2)22-15(5-6-19-22)21-17(25)12-7-11-13(20-16(12)24)8-18(3,4)9-14(11)23/h5-7,10H,8-9H2,1-4H3,(H,20,24)(H,21,25). The summed E-state index contributed by atoms with van der Waals surface area (Å²) in [4.78, 5) is 40.0. The molecular formula is C18H22N4O3. The Labute approximate surface area is 145 Å². The fourth-order valence-corrected chi connectivity index (χ4v) is 3.20. The monoisotopic (exact) mass is 342 g/mol. The van der Waals surface area contributed by atoms with E-state index < -0.39 is 11.5 Å². The minimum atomic E-state index is -0.552. The van der Waals surface area contributed by atoms with Crippen LogP contribution in [0.25, 0.3) is 0 Å². The summed E-state index contributed by atoms with van der Waals surface area (Å²) in [6.07, 6.45) is 2.58. The van der Waals surface area contributed by atoms with Crippen LogP contribution in [0.1, 0.15) is 66.6 Å². The summed E-state index contributed by atoms with van der Waals surface area (Å²) in [5.41, 5.74) is 0.290. The summed E-state index contributed by atoms with van der Waals surface area (Å²) in [6.45, 7) is 7.85. The van der Waals surface area contributed by atoms with Crippen LogP contribution < -0.4 is 10.9 Å². The number of amides is 1. The minimum absolute atomic E-state index is 0.0521. The number of pyridine rings is 1. The number of Topliss-reactive ketones (excluding diaryl/α,β-unsaturated/α-hetero) is 1. The summed E-state index contributed by atoms with van der Waals surface area (Å²) < 4.78 is 1.65. The second-order valence-corrected chi connectivity index (χ2v) is 7.55. The first kappa shape index (κ1) is 17.1. The first-order valence-electron chi connectivity index (χ1n) is 8.32. The second-order valence-electron chi connectivity index (χ2n) is 7.55. The van der Waals surface area contributed by atoms with Crippen molar-refractivity contribution in [3.63, 3.8) is 0 Å². The number of H-pyrrole nitrogens is 1. The maximum absolute atomic E-state index is 12.5. The van der Waals surface area contributed by atoms with Gasteiger partial charge in [-0.05, 0) is 31.7 Å². The number of nitrogens with one attached hydrogen (secondary N) is 2. The second kappa shape index (κ2) is 5.98. The van der Waals surface area contributed by atoms with E-state index in [-0.39, 0.29) is 22.8 Å². The first-order chi connectivity index (χ1) is 11.7. The average molecular weight is 342 g/mol. The summed E-state index contributed by atoms with van der Waals surface area (Å²) >= 11 is 0. The number of hydrogen-bond acceptors (Lipinski definition) is 4. The number of nitrogens with zero attached hydrogens (tertiary/aromatic N) is 2. The summed E-state index contributed by atoms with van der Waals surface area (Å²) in [6, 6.07) is 3.14. The molecule has 2 N–H and O–H groups in total. The molecule has 3 rings (SSSR count). The number of anilines is 1. The van der Waals surface area contributed by atoms with Gasteiger partial charge in [0.05, 0.1) is 6.20 Å². The van der Waals surface area contributed by atoms with Gasteiger partial charge in [0.25, 0.3) is 11.5 Å². The van der Waals surface area contributed by atoms with Crippen LogP contribution in [0.15, 0.2) is 23.1 Å². The van der Waals surface area contributed by atoms with E-state index in [4.69, 9.17) is 0 Å². The number of aromatic amines is 1. The predicted octanol–water partition coefficient (Wildman–Crippen LogP) is 2.56. The smallest absolute Gasteiger partial charge is 0.262 e. The third-order valence-electron chi connectivity index (χ3n) is 4.36. The Hall–Kier alpha value is -2.70. The van der Waals surface area contributed by atoms with Gasteiger partial charge in [0.2, 0.25) is 0 Å². The van der Waals surface area contributed by atoms with Crippen LogP contribution >= 0.6 is 0 Å². The molecule has 0 aromatic carbocycles. The zero-order valence-corrected chi connectivity index (χ0v) is 14.8. The Morgan fingerprint density at radius 3 is 2.72 bits per heavy atom. The van der Waals surface area contributed by atoms with Crippen LogP contribution in [-0.2, 0) is 6.42 Å². The Morgan fingerprint density at radius 2 is 2.04 bits per heavy atom. The van der Waals surface area contributed by atoms with Gasteiger partial charge < -0.3 is 10.3 Å². The van der Waals surface area contributed by atoms with Gasteiger partial charge in [-0.2, -0.15) is 5.10 Å². The normalized spacial score (nSPS) is 16.0. The van der Waals surface area contributed by atoms with Crippen LogP contribution in [0, 0.1) is 5.41 Å². The molecule has 2 heterocycles. The lowest BCUT2D eigenvalue weighted by Crippen LogP contribution is -2.33. The highest BCUT2D eigenvalue weighted by molar-refractivity contribution is 6.06. The zero-order chi connectivity index (χ0) is 18.4. The molecule has 1 aliphatic rings. The minimum Gasteiger partial charge on any atom is -0.325 e. The van der Waals surface area contributed by atoms with E-state index in [1.165, 1.54) is 6.07 Å². The molecule has 1 aliphatic carbocycles. The van der Waals surface area contributed by atoms with Gasteiger partial charge in [-0.25, -0.2) is 4.68 Å². The van der Waals surface area contributed by atoms with Crippen molar-refractivity contribution in [3.05, 3.63) is 45.5 Å². The lowest BCUT2D eigenvalue weighted by atomic mass is 9.75. The van der Waals surface area contributed by atoms with E-state index in [2.05, 4.69) is 15.4 Å². The van der Waals surface area contributed by atoms with E-state index in [9.17, 15) is 14.4 Å². The van der Waals surface area contributed by atoms with Crippen molar-refractivity contribution in [3.8, 4) is 0 Å². The fourth-order valence-electron chi connectivity index (χ4n) is 3.20. The van der Waals surface area contributed by atoms with Gasteiger partial charge in [-0.1, -0.05) is 13.8 Å². The van der Waals surface area contributed by atoms with E-state index in [1.54, 1.807) is 16.9 Å². The third kappa shape index (κ3) is 3.26.